The van der Waals surface area contributed by atoms with Crippen LogP contribution in [0.1, 0.15) is 29.7 Å². The second kappa shape index (κ2) is 10.6. The summed E-state index contributed by atoms with van der Waals surface area (Å²) in [5.41, 5.74) is 5.55. The molecule has 1 aliphatic carbocycles. The zero-order valence-corrected chi connectivity index (χ0v) is 19.7. The summed E-state index contributed by atoms with van der Waals surface area (Å²) in [6.07, 6.45) is 1.94. The molecule has 0 bridgehead atoms. The number of aryl methyl sites for hydroxylation is 1. The van der Waals surface area contributed by atoms with Gasteiger partial charge in [0.1, 0.15) is 5.82 Å². The summed E-state index contributed by atoms with van der Waals surface area (Å²) in [5.74, 6) is -1.72. The molecule has 0 fully saturated rings. The number of carboxylic acids is 1. The van der Waals surface area contributed by atoms with Crippen LogP contribution in [0.25, 0.3) is 23.0 Å². The Hall–Kier alpha value is -2.29. The molecule has 2 atom stereocenters. The van der Waals surface area contributed by atoms with Crippen LogP contribution in [-0.2, 0) is 17.6 Å². The molecule has 0 aliphatic heterocycles. The van der Waals surface area contributed by atoms with E-state index in [1.165, 1.54) is 23.8 Å². The average molecular weight is 444 g/mol. The van der Waals surface area contributed by atoms with Gasteiger partial charge in [-0.05, 0) is 48.7 Å². The molecule has 1 aromatic heterocycles. The molecule has 3 aromatic rings. The van der Waals surface area contributed by atoms with Crippen molar-refractivity contribution in [2.45, 2.75) is 37.9 Å². The van der Waals surface area contributed by atoms with Crippen LogP contribution < -0.4 is 34.7 Å². The van der Waals surface area contributed by atoms with Gasteiger partial charge >= 0.3 is 29.6 Å². The molecule has 0 unspecified atom stereocenters. The minimum atomic E-state index is -1.37. The van der Waals surface area contributed by atoms with E-state index in [9.17, 15) is 24.5 Å². The molecule has 0 saturated heterocycles. The molecule has 0 amide bonds. The van der Waals surface area contributed by atoms with E-state index >= 15 is 0 Å². The number of halogens is 1. The average Bonchev–Trinajstić information content (AvgIpc) is 3.11. The van der Waals surface area contributed by atoms with Gasteiger partial charge in [-0.1, -0.05) is 30.3 Å². The summed E-state index contributed by atoms with van der Waals surface area (Å²) in [7, 11) is 0. The normalized spacial score (nSPS) is 14.3. The fraction of sp³-hybridized carbons (Fsp3) is 0.250. The van der Waals surface area contributed by atoms with Crippen molar-refractivity contribution >= 4 is 12.0 Å². The van der Waals surface area contributed by atoms with Crippen molar-refractivity contribution in [3.05, 3.63) is 77.2 Å². The van der Waals surface area contributed by atoms with E-state index in [-0.39, 0.29) is 41.8 Å². The molecule has 1 aliphatic rings. The SMILES string of the molecule is O=C([O-])C[C@@H](O)C[C@@H](O)/C=C/c1c2c(nn1-c1ccc(F)cc1)-c1ccccc1CC2.[Na+]. The largest absolute Gasteiger partial charge is 1.00 e. The molecule has 160 valence electrons. The van der Waals surface area contributed by atoms with Crippen LogP contribution in [-0.4, -0.2) is 38.2 Å². The summed E-state index contributed by atoms with van der Waals surface area (Å²) in [5, 5.41) is 35.4. The van der Waals surface area contributed by atoms with Crippen LogP contribution in [0.2, 0.25) is 0 Å². The topological polar surface area (TPSA) is 98.4 Å². The van der Waals surface area contributed by atoms with E-state index in [1.54, 1.807) is 22.9 Å². The predicted molar refractivity (Wildman–Crippen MR) is 112 cm³/mol. The van der Waals surface area contributed by atoms with Gasteiger partial charge in [0.2, 0.25) is 0 Å². The van der Waals surface area contributed by atoms with E-state index in [1.807, 2.05) is 18.2 Å². The Balaban J connectivity index is 0.00000289. The van der Waals surface area contributed by atoms with Crippen molar-refractivity contribution in [3.63, 3.8) is 0 Å². The zero-order valence-electron chi connectivity index (χ0n) is 17.7. The first-order chi connectivity index (χ1) is 14.9. The molecule has 0 radical (unpaired) electrons. The molecular formula is C24H22FN2NaO4. The molecule has 0 saturated carbocycles. The van der Waals surface area contributed by atoms with E-state index < -0.39 is 24.6 Å². The van der Waals surface area contributed by atoms with Crippen molar-refractivity contribution < 1.29 is 54.1 Å². The van der Waals surface area contributed by atoms with E-state index in [2.05, 4.69) is 6.07 Å². The molecule has 1 heterocycles. The number of nitrogens with zero attached hydrogens (tertiary/aromatic N) is 2. The molecule has 4 rings (SSSR count). The standard InChI is InChI=1S/C24H23FN2O4.Na/c25-16-6-8-17(9-7-16)27-22(12-10-18(28)13-19(29)14-23(30)31)21-11-5-15-3-1-2-4-20(15)24(21)26-27;/h1-4,6-10,12,18-19,28-29H,5,11,13-14H2,(H,30,31);/q;+1/p-1/b12-10+;/t18-,19-;/m0./s1. The van der Waals surface area contributed by atoms with Gasteiger partial charge in [0.15, 0.2) is 0 Å². The molecule has 0 spiro atoms. The van der Waals surface area contributed by atoms with Gasteiger partial charge in [0.25, 0.3) is 0 Å². The van der Waals surface area contributed by atoms with Crippen molar-refractivity contribution in [2.24, 2.45) is 0 Å². The maximum Gasteiger partial charge on any atom is 1.00 e. The predicted octanol–water partition coefficient (Wildman–Crippen LogP) is -0.954. The number of aliphatic carboxylic acids is 1. The van der Waals surface area contributed by atoms with Crippen LogP contribution in [0, 0.1) is 5.82 Å². The zero-order chi connectivity index (χ0) is 22.0. The van der Waals surface area contributed by atoms with Gasteiger partial charge in [0.05, 0.1) is 29.3 Å². The van der Waals surface area contributed by atoms with E-state index in [0.29, 0.717) is 5.69 Å². The quantitative estimate of drug-likeness (QED) is 0.458. The Kier molecular flexibility index (Phi) is 8.03. The second-order valence-electron chi connectivity index (χ2n) is 7.65. The number of rotatable bonds is 7. The third-order valence-electron chi connectivity index (χ3n) is 5.40. The van der Waals surface area contributed by atoms with Gasteiger partial charge in [-0.25, -0.2) is 9.07 Å². The third kappa shape index (κ3) is 5.36. The van der Waals surface area contributed by atoms with E-state index in [0.717, 1.165) is 35.4 Å². The van der Waals surface area contributed by atoms with Gasteiger partial charge in [0, 0.05) is 29.9 Å². The number of aliphatic hydroxyl groups is 2. The number of fused-ring (bicyclic) bond motifs is 3. The van der Waals surface area contributed by atoms with Crippen molar-refractivity contribution in [1.29, 1.82) is 0 Å². The summed E-state index contributed by atoms with van der Waals surface area (Å²) >= 11 is 0. The Morgan fingerprint density at radius 1 is 1.16 bits per heavy atom. The Morgan fingerprint density at radius 2 is 1.88 bits per heavy atom. The van der Waals surface area contributed by atoms with Gasteiger partial charge in [-0.2, -0.15) is 5.10 Å². The number of aliphatic hydroxyl groups excluding tert-OH is 2. The van der Waals surface area contributed by atoms with Crippen LogP contribution in [0.4, 0.5) is 4.39 Å². The van der Waals surface area contributed by atoms with Gasteiger partial charge in [-0.3, -0.25) is 0 Å². The van der Waals surface area contributed by atoms with E-state index in [4.69, 9.17) is 5.10 Å². The first-order valence-electron chi connectivity index (χ1n) is 10.1. The molecule has 6 nitrogen and oxygen atoms in total. The molecule has 2 N–H and O–H groups in total. The number of carboxylic acid groups (broad SMARTS) is 1. The van der Waals surface area contributed by atoms with Crippen LogP contribution >= 0.6 is 0 Å². The number of carbonyl (C=O) groups is 1. The van der Waals surface area contributed by atoms with Gasteiger partial charge in [-0.15, -0.1) is 0 Å². The smallest absolute Gasteiger partial charge is 0.550 e. The van der Waals surface area contributed by atoms with Crippen molar-refractivity contribution in [1.82, 2.24) is 9.78 Å². The van der Waals surface area contributed by atoms with Crippen LogP contribution in [0.3, 0.4) is 0 Å². The Morgan fingerprint density at radius 3 is 2.59 bits per heavy atom. The maximum atomic E-state index is 13.4. The number of hydrogen-bond acceptors (Lipinski definition) is 5. The number of carbonyl (C=O) groups excluding carboxylic acids is 1. The number of aromatic nitrogens is 2. The Bertz CT molecular complexity index is 1130. The van der Waals surface area contributed by atoms with Crippen LogP contribution in [0.5, 0.6) is 0 Å². The summed E-state index contributed by atoms with van der Waals surface area (Å²) < 4.78 is 15.2. The molecular weight excluding hydrogens is 422 g/mol. The molecule has 8 heteroatoms. The van der Waals surface area contributed by atoms with Crippen molar-refractivity contribution in [2.75, 3.05) is 0 Å². The van der Waals surface area contributed by atoms with Crippen molar-refractivity contribution in [3.8, 4) is 16.9 Å². The number of hydrogen-bond donors (Lipinski definition) is 2. The second-order valence-corrected chi connectivity index (χ2v) is 7.65. The minimum Gasteiger partial charge on any atom is -0.550 e. The fourth-order valence-corrected chi connectivity index (χ4v) is 3.94. The maximum absolute atomic E-state index is 13.4. The summed E-state index contributed by atoms with van der Waals surface area (Å²) in [6.45, 7) is 0. The number of benzene rings is 2. The fourth-order valence-electron chi connectivity index (χ4n) is 3.94. The molecule has 32 heavy (non-hydrogen) atoms. The minimum absolute atomic E-state index is 0. The third-order valence-corrected chi connectivity index (χ3v) is 5.40. The first-order valence-corrected chi connectivity index (χ1v) is 10.1. The summed E-state index contributed by atoms with van der Waals surface area (Å²) in [6, 6.07) is 14.1. The Labute approximate surface area is 207 Å². The summed E-state index contributed by atoms with van der Waals surface area (Å²) in [4.78, 5) is 10.6. The van der Waals surface area contributed by atoms with Gasteiger partial charge < -0.3 is 20.1 Å². The first kappa shape index (κ1) is 24.4. The van der Waals surface area contributed by atoms with Crippen LogP contribution in [0.15, 0.2) is 54.6 Å². The molecule has 2 aromatic carbocycles. The monoisotopic (exact) mass is 444 g/mol.